The standard InChI is InChI=1S/C18H22N4O3S2/c1-6-25-17(23)14-9(3)19-18(24)22-12(14)7-26-15-13-8(2)10(4)27-16(13)21-11(5)20-15/h9H,6-7H2,1-5H3,(H2,19,22,24). The van der Waals surface area contributed by atoms with E-state index in [1.807, 2.05) is 6.92 Å². The van der Waals surface area contributed by atoms with Crippen molar-refractivity contribution in [1.29, 1.82) is 0 Å². The third-order valence-electron chi connectivity index (χ3n) is 4.33. The number of thioether (sulfide) groups is 1. The van der Waals surface area contributed by atoms with E-state index in [0.717, 1.165) is 15.2 Å². The maximum absolute atomic E-state index is 12.4. The lowest BCUT2D eigenvalue weighted by Crippen LogP contribution is -2.49. The summed E-state index contributed by atoms with van der Waals surface area (Å²) in [5, 5.41) is 7.36. The molecule has 2 amide bonds. The number of urea groups is 1. The second-order valence-corrected chi connectivity index (χ2v) is 8.43. The van der Waals surface area contributed by atoms with Gasteiger partial charge in [-0.05, 0) is 40.2 Å². The summed E-state index contributed by atoms with van der Waals surface area (Å²) < 4.78 is 5.16. The molecule has 0 saturated carbocycles. The summed E-state index contributed by atoms with van der Waals surface area (Å²) in [6.45, 7) is 9.81. The fraction of sp³-hybridized carbons (Fsp3) is 0.444. The molecular formula is C18H22N4O3S2. The Balaban J connectivity index is 1.96. The molecule has 2 N–H and O–H groups in total. The van der Waals surface area contributed by atoms with Gasteiger partial charge in [0, 0.05) is 21.7 Å². The molecule has 27 heavy (non-hydrogen) atoms. The number of hydrogen-bond donors (Lipinski definition) is 2. The quantitative estimate of drug-likeness (QED) is 0.450. The van der Waals surface area contributed by atoms with Gasteiger partial charge in [0.1, 0.15) is 15.7 Å². The van der Waals surface area contributed by atoms with Crippen LogP contribution in [0.25, 0.3) is 10.2 Å². The third kappa shape index (κ3) is 3.93. The van der Waals surface area contributed by atoms with Gasteiger partial charge in [0.05, 0.1) is 18.2 Å². The number of nitrogens with zero attached hydrogens (tertiary/aromatic N) is 2. The highest BCUT2D eigenvalue weighted by molar-refractivity contribution is 7.99. The monoisotopic (exact) mass is 406 g/mol. The first-order chi connectivity index (χ1) is 12.8. The summed E-state index contributed by atoms with van der Waals surface area (Å²) in [5.41, 5.74) is 2.17. The molecule has 0 aromatic carbocycles. The van der Waals surface area contributed by atoms with Crippen molar-refractivity contribution >= 4 is 45.3 Å². The van der Waals surface area contributed by atoms with Crippen molar-refractivity contribution in [2.75, 3.05) is 12.4 Å². The average Bonchev–Trinajstić information content (AvgIpc) is 2.86. The molecule has 3 heterocycles. The predicted octanol–water partition coefficient (Wildman–Crippen LogP) is 3.23. The number of carbonyl (C=O) groups excluding carboxylic acids is 2. The van der Waals surface area contributed by atoms with Crippen LogP contribution in [0, 0.1) is 20.8 Å². The molecule has 1 aliphatic rings. The van der Waals surface area contributed by atoms with Crippen LogP contribution < -0.4 is 10.6 Å². The Morgan fingerprint density at radius 1 is 1.30 bits per heavy atom. The lowest BCUT2D eigenvalue weighted by Gasteiger charge is -2.26. The predicted molar refractivity (Wildman–Crippen MR) is 107 cm³/mol. The number of amides is 2. The first-order valence-electron chi connectivity index (χ1n) is 8.66. The van der Waals surface area contributed by atoms with Gasteiger partial charge in [0.25, 0.3) is 0 Å². The lowest BCUT2D eigenvalue weighted by atomic mass is 10.1. The number of esters is 1. The van der Waals surface area contributed by atoms with E-state index in [9.17, 15) is 9.59 Å². The fourth-order valence-corrected chi connectivity index (χ4v) is 5.19. The van der Waals surface area contributed by atoms with E-state index in [0.29, 0.717) is 22.8 Å². The molecule has 0 aliphatic carbocycles. The highest BCUT2D eigenvalue weighted by Gasteiger charge is 2.30. The Hall–Kier alpha value is -2.13. The normalized spacial score (nSPS) is 17.1. The zero-order valence-corrected chi connectivity index (χ0v) is 17.6. The van der Waals surface area contributed by atoms with Crippen molar-refractivity contribution in [1.82, 2.24) is 20.6 Å². The van der Waals surface area contributed by atoms with Crippen LogP contribution >= 0.6 is 23.1 Å². The van der Waals surface area contributed by atoms with Gasteiger partial charge < -0.3 is 15.4 Å². The minimum atomic E-state index is -0.417. The van der Waals surface area contributed by atoms with Gasteiger partial charge in [-0.3, -0.25) is 0 Å². The van der Waals surface area contributed by atoms with Gasteiger partial charge in [0.15, 0.2) is 0 Å². The second kappa shape index (κ2) is 7.85. The highest BCUT2D eigenvalue weighted by Crippen LogP contribution is 2.36. The molecule has 9 heteroatoms. The summed E-state index contributed by atoms with van der Waals surface area (Å²) in [7, 11) is 0. The number of aromatic nitrogens is 2. The molecule has 0 radical (unpaired) electrons. The lowest BCUT2D eigenvalue weighted by molar-refractivity contribution is -0.138. The first-order valence-corrected chi connectivity index (χ1v) is 10.5. The van der Waals surface area contributed by atoms with Gasteiger partial charge in [-0.15, -0.1) is 11.3 Å². The van der Waals surface area contributed by atoms with E-state index in [-0.39, 0.29) is 12.6 Å². The molecule has 3 rings (SSSR count). The largest absolute Gasteiger partial charge is 0.463 e. The summed E-state index contributed by atoms with van der Waals surface area (Å²) in [6.07, 6.45) is 0. The van der Waals surface area contributed by atoms with E-state index in [1.165, 1.54) is 22.2 Å². The molecule has 2 aromatic heterocycles. The second-order valence-electron chi connectivity index (χ2n) is 6.26. The molecule has 7 nitrogen and oxygen atoms in total. The van der Waals surface area contributed by atoms with Crippen LogP contribution in [0.2, 0.25) is 0 Å². The van der Waals surface area contributed by atoms with Crippen molar-refractivity contribution in [3.63, 3.8) is 0 Å². The molecular weight excluding hydrogens is 384 g/mol. The molecule has 0 spiro atoms. The Kier molecular flexibility index (Phi) is 5.71. The minimum absolute atomic E-state index is 0.280. The van der Waals surface area contributed by atoms with Crippen LogP contribution in [0.15, 0.2) is 16.3 Å². The van der Waals surface area contributed by atoms with Crippen molar-refractivity contribution in [2.24, 2.45) is 0 Å². The Labute approximate surface area is 166 Å². The Bertz CT molecular complexity index is 952. The van der Waals surface area contributed by atoms with E-state index < -0.39 is 12.0 Å². The summed E-state index contributed by atoms with van der Waals surface area (Å²) in [6, 6.07) is -0.733. The van der Waals surface area contributed by atoms with E-state index in [2.05, 4.69) is 34.4 Å². The summed E-state index contributed by atoms with van der Waals surface area (Å²) >= 11 is 3.14. The zero-order valence-electron chi connectivity index (χ0n) is 15.9. The van der Waals surface area contributed by atoms with Crippen LogP contribution in [0.1, 0.15) is 30.1 Å². The van der Waals surface area contributed by atoms with Crippen LogP contribution in [0.3, 0.4) is 0 Å². The Morgan fingerprint density at radius 2 is 2.04 bits per heavy atom. The van der Waals surface area contributed by atoms with Crippen LogP contribution in [0.4, 0.5) is 4.79 Å². The highest BCUT2D eigenvalue weighted by atomic mass is 32.2. The maximum atomic E-state index is 12.4. The van der Waals surface area contributed by atoms with Crippen molar-refractivity contribution in [3.05, 3.63) is 27.5 Å². The van der Waals surface area contributed by atoms with E-state index in [1.54, 1.807) is 25.2 Å². The molecule has 1 unspecified atom stereocenters. The van der Waals surface area contributed by atoms with Crippen molar-refractivity contribution in [3.8, 4) is 0 Å². The number of aryl methyl sites for hydroxylation is 3. The van der Waals surface area contributed by atoms with Gasteiger partial charge >= 0.3 is 12.0 Å². The van der Waals surface area contributed by atoms with E-state index >= 15 is 0 Å². The van der Waals surface area contributed by atoms with Gasteiger partial charge in [0.2, 0.25) is 0 Å². The minimum Gasteiger partial charge on any atom is -0.463 e. The van der Waals surface area contributed by atoms with Crippen LogP contribution in [-0.4, -0.2) is 40.4 Å². The molecule has 0 saturated heterocycles. The van der Waals surface area contributed by atoms with Gasteiger partial charge in [-0.2, -0.15) is 0 Å². The number of thiophene rings is 1. The third-order valence-corrected chi connectivity index (χ3v) is 6.43. The zero-order chi connectivity index (χ0) is 19.7. The maximum Gasteiger partial charge on any atom is 0.337 e. The number of nitrogens with one attached hydrogen (secondary N) is 2. The molecule has 144 valence electrons. The fourth-order valence-electron chi connectivity index (χ4n) is 2.95. The topological polar surface area (TPSA) is 93.2 Å². The number of rotatable bonds is 5. The molecule has 1 aliphatic heterocycles. The van der Waals surface area contributed by atoms with Gasteiger partial charge in [-0.25, -0.2) is 19.6 Å². The summed E-state index contributed by atoms with van der Waals surface area (Å²) in [5.74, 6) is 0.694. The number of fused-ring (bicyclic) bond motifs is 1. The van der Waals surface area contributed by atoms with Crippen molar-refractivity contribution in [2.45, 2.75) is 45.7 Å². The number of carbonyl (C=O) groups is 2. The van der Waals surface area contributed by atoms with Gasteiger partial charge in [-0.1, -0.05) is 11.8 Å². The van der Waals surface area contributed by atoms with E-state index in [4.69, 9.17) is 4.74 Å². The SMILES string of the molecule is CCOC(=O)C1=C(CSc2nc(C)nc3sc(C)c(C)c23)NC(=O)NC1C. The first kappa shape index (κ1) is 19.6. The van der Waals surface area contributed by atoms with Crippen LogP contribution in [-0.2, 0) is 9.53 Å². The Morgan fingerprint density at radius 3 is 2.74 bits per heavy atom. The number of hydrogen-bond acceptors (Lipinski definition) is 7. The molecule has 0 fully saturated rings. The number of ether oxygens (including phenoxy) is 1. The average molecular weight is 407 g/mol. The van der Waals surface area contributed by atoms with Crippen LogP contribution in [0.5, 0.6) is 0 Å². The molecule has 2 aromatic rings. The smallest absolute Gasteiger partial charge is 0.337 e. The molecule has 0 bridgehead atoms. The summed E-state index contributed by atoms with van der Waals surface area (Å²) in [4.78, 5) is 35.6. The molecule has 1 atom stereocenters. The van der Waals surface area contributed by atoms with Crippen molar-refractivity contribution < 1.29 is 14.3 Å².